The molecule has 0 bridgehead atoms. The summed E-state index contributed by atoms with van der Waals surface area (Å²) in [6, 6.07) is 9.81. The molecule has 0 aliphatic rings. The number of hydrogen-bond acceptors (Lipinski definition) is 5. The van der Waals surface area contributed by atoms with Gasteiger partial charge in [0.1, 0.15) is 11.5 Å². The molecule has 0 fully saturated rings. The molecule has 2 aromatic heterocycles. The molecule has 122 valence electrons. The van der Waals surface area contributed by atoms with Crippen LogP contribution in [0, 0.1) is 0 Å². The van der Waals surface area contributed by atoms with E-state index < -0.39 is 0 Å². The summed E-state index contributed by atoms with van der Waals surface area (Å²) in [5, 5.41) is 4.25. The first-order valence-electron chi connectivity index (χ1n) is 7.95. The summed E-state index contributed by atoms with van der Waals surface area (Å²) in [7, 11) is 0. The van der Waals surface area contributed by atoms with Crippen LogP contribution in [0.15, 0.2) is 48.9 Å². The minimum absolute atomic E-state index is 0.106. The van der Waals surface area contributed by atoms with E-state index in [1.54, 1.807) is 17.3 Å². The largest absolute Gasteiger partial charge is 0.338 e. The van der Waals surface area contributed by atoms with Crippen molar-refractivity contribution in [3.05, 3.63) is 54.6 Å². The van der Waals surface area contributed by atoms with Crippen LogP contribution in [0.5, 0.6) is 0 Å². The van der Waals surface area contributed by atoms with Crippen molar-refractivity contribution in [1.29, 1.82) is 0 Å². The summed E-state index contributed by atoms with van der Waals surface area (Å²) in [5.41, 5.74) is 2.07. The summed E-state index contributed by atoms with van der Waals surface area (Å²) in [4.78, 5) is 26.9. The number of carbonyl (C=O) groups is 1. The van der Waals surface area contributed by atoms with E-state index in [4.69, 9.17) is 0 Å². The maximum Gasteiger partial charge on any atom is 0.274 e. The number of hydrogen-bond donors (Lipinski definition) is 1. The summed E-state index contributed by atoms with van der Waals surface area (Å²) in [5.74, 6) is 0.468. The van der Waals surface area contributed by atoms with Gasteiger partial charge in [-0.3, -0.25) is 9.78 Å². The Morgan fingerprint density at radius 1 is 1.04 bits per heavy atom. The van der Waals surface area contributed by atoms with Gasteiger partial charge in [0.05, 0.1) is 23.6 Å². The summed E-state index contributed by atoms with van der Waals surface area (Å²) in [6.07, 6.45) is 4.82. The number of amides is 1. The Hall–Kier alpha value is -3.02. The Morgan fingerprint density at radius 3 is 2.54 bits per heavy atom. The smallest absolute Gasteiger partial charge is 0.274 e. The van der Waals surface area contributed by atoms with Gasteiger partial charge in [0.2, 0.25) is 0 Å². The summed E-state index contributed by atoms with van der Waals surface area (Å²) >= 11 is 0. The van der Waals surface area contributed by atoms with Gasteiger partial charge in [-0.15, -0.1) is 0 Å². The van der Waals surface area contributed by atoms with E-state index in [0.29, 0.717) is 24.6 Å². The minimum Gasteiger partial charge on any atom is -0.338 e. The van der Waals surface area contributed by atoms with E-state index >= 15 is 0 Å². The van der Waals surface area contributed by atoms with Crippen molar-refractivity contribution in [2.24, 2.45) is 0 Å². The van der Waals surface area contributed by atoms with Crippen molar-refractivity contribution in [3.8, 4) is 0 Å². The molecule has 1 amide bonds. The molecule has 6 nitrogen and oxygen atoms in total. The van der Waals surface area contributed by atoms with Crippen LogP contribution in [0.2, 0.25) is 0 Å². The van der Waals surface area contributed by atoms with Crippen molar-refractivity contribution in [2.75, 3.05) is 18.4 Å². The zero-order valence-electron chi connectivity index (χ0n) is 13.7. The molecule has 0 aliphatic carbocycles. The van der Waals surface area contributed by atoms with Crippen LogP contribution < -0.4 is 5.32 Å². The minimum atomic E-state index is -0.106. The number of nitrogens with one attached hydrogen (secondary N) is 1. The second kappa shape index (κ2) is 7.04. The van der Waals surface area contributed by atoms with Crippen LogP contribution in [-0.2, 0) is 0 Å². The van der Waals surface area contributed by atoms with Crippen molar-refractivity contribution in [2.45, 2.75) is 13.8 Å². The van der Waals surface area contributed by atoms with Gasteiger partial charge in [0.15, 0.2) is 0 Å². The lowest BCUT2D eigenvalue weighted by atomic mass is 10.2. The molecular weight excluding hydrogens is 302 g/mol. The Morgan fingerprint density at radius 2 is 1.83 bits per heavy atom. The highest BCUT2D eigenvalue weighted by molar-refractivity contribution is 5.93. The highest BCUT2D eigenvalue weighted by Crippen LogP contribution is 2.23. The number of carbonyl (C=O) groups excluding carboxylic acids is 1. The predicted molar refractivity (Wildman–Crippen MR) is 94.3 cm³/mol. The van der Waals surface area contributed by atoms with Gasteiger partial charge in [-0.25, -0.2) is 9.97 Å². The summed E-state index contributed by atoms with van der Waals surface area (Å²) < 4.78 is 0. The molecule has 0 spiro atoms. The van der Waals surface area contributed by atoms with E-state index in [9.17, 15) is 4.79 Å². The number of fused-ring (bicyclic) bond motifs is 1. The molecule has 0 aliphatic heterocycles. The first kappa shape index (κ1) is 15.9. The number of para-hydroxylation sites is 1. The van der Waals surface area contributed by atoms with Gasteiger partial charge in [-0.1, -0.05) is 18.2 Å². The average Bonchev–Trinajstić information content (AvgIpc) is 2.63. The molecule has 0 atom stereocenters. The molecule has 1 N–H and O–H groups in total. The highest BCUT2D eigenvalue weighted by Gasteiger charge is 2.14. The highest BCUT2D eigenvalue weighted by atomic mass is 16.2. The second-order valence-corrected chi connectivity index (χ2v) is 5.27. The third kappa shape index (κ3) is 3.17. The zero-order valence-corrected chi connectivity index (χ0v) is 13.7. The fourth-order valence-corrected chi connectivity index (χ4v) is 2.52. The van der Waals surface area contributed by atoms with E-state index in [1.165, 1.54) is 6.20 Å². The normalized spacial score (nSPS) is 10.6. The van der Waals surface area contributed by atoms with Gasteiger partial charge in [-0.2, -0.15) is 0 Å². The lowest BCUT2D eigenvalue weighted by molar-refractivity contribution is 0.0766. The molecule has 0 saturated heterocycles. The molecule has 24 heavy (non-hydrogen) atoms. The monoisotopic (exact) mass is 321 g/mol. The van der Waals surface area contributed by atoms with Crippen molar-refractivity contribution < 1.29 is 4.79 Å². The SMILES string of the molecule is CCN(CC)C(=O)c1cnc(Nc2cccc3cccnc23)cn1. The standard InChI is InChI=1S/C18H19N5O/c1-3-23(4-2)18(24)15-11-21-16(12-20-15)22-14-9-5-7-13-8-6-10-19-17(13)14/h5-12H,3-4H2,1-2H3,(H,21,22). The number of nitrogens with zero attached hydrogens (tertiary/aromatic N) is 4. The molecule has 0 unspecified atom stereocenters. The number of pyridine rings is 1. The quantitative estimate of drug-likeness (QED) is 0.781. The van der Waals surface area contributed by atoms with Crippen molar-refractivity contribution in [3.63, 3.8) is 0 Å². The van der Waals surface area contributed by atoms with E-state index in [0.717, 1.165) is 16.6 Å². The Bertz CT molecular complexity index is 838. The topological polar surface area (TPSA) is 71.0 Å². The second-order valence-electron chi connectivity index (χ2n) is 5.27. The maximum absolute atomic E-state index is 12.2. The fraction of sp³-hybridized carbons (Fsp3) is 0.222. The van der Waals surface area contributed by atoms with Crippen molar-refractivity contribution >= 4 is 28.3 Å². The van der Waals surface area contributed by atoms with Crippen LogP contribution >= 0.6 is 0 Å². The molecule has 6 heteroatoms. The Balaban J connectivity index is 1.82. The Labute approximate surface area is 140 Å². The lowest BCUT2D eigenvalue weighted by Gasteiger charge is -2.17. The van der Waals surface area contributed by atoms with E-state index in [-0.39, 0.29) is 5.91 Å². The van der Waals surface area contributed by atoms with Gasteiger partial charge in [0.25, 0.3) is 5.91 Å². The van der Waals surface area contributed by atoms with Crippen LogP contribution in [-0.4, -0.2) is 38.8 Å². The van der Waals surface area contributed by atoms with Crippen LogP contribution in [0.25, 0.3) is 10.9 Å². The molecule has 0 radical (unpaired) electrons. The average molecular weight is 321 g/mol. The van der Waals surface area contributed by atoms with Gasteiger partial charge >= 0.3 is 0 Å². The number of aromatic nitrogens is 3. The third-order valence-electron chi connectivity index (χ3n) is 3.82. The predicted octanol–water partition coefficient (Wildman–Crippen LogP) is 3.25. The maximum atomic E-state index is 12.2. The van der Waals surface area contributed by atoms with Crippen LogP contribution in [0.3, 0.4) is 0 Å². The molecule has 2 heterocycles. The summed E-state index contributed by atoms with van der Waals surface area (Å²) in [6.45, 7) is 5.19. The Kier molecular flexibility index (Phi) is 4.65. The molecular formula is C18H19N5O. The molecule has 3 rings (SSSR count). The molecule has 3 aromatic rings. The first-order valence-corrected chi connectivity index (χ1v) is 7.95. The third-order valence-corrected chi connectivity index (χ3v) is 3.82. The molecule has 1 aromatic carbocycles. The number of benzene rings is 1. The number of anilines is 2. The van der Waals surface area contributed by atoms with Crippen LogP contribution in [0.1, 0.15) is 24.3 Å². The van der Waals surface area contributed by atoms with Gasteiger partial charge < -0.3 is 10.2 Å². The fourth-order valence-electron chi connectivity index (χ4n) is 2.52. The van der Waals surface area contributed by atoms with Gasteiger partial charge in [-0.05, 0) is 26.0 Å². The lowest BCUT2D eigenvalue weighted by Crippen LogP contribution is -2.31. The number of rotatable bonds is 5. The van der Waals surface area contributed by atoms with Gasteiger partial charge in [0, 0.05) is 24.7 Å². The molecule has 0 saturated carbocycles. The van der Waals surface area contributed by atoms with E-state index in [2.05, 4.69) is 20.3 Å². The van der Waals surface area contributed by atoms with E-state index in [1.807, 2.05) is 44.2 Å². The van der Waals surface area contributed by atoms with Crippen molar-refractivity contribution in [1.82, 2.24) is 19.9 Å². The zero-order chi connectivity index (χ0) is 16.9. The first-order chi connectivity index (χ1) is 11.7. The van der Waals surface area contributed by atoms with Crippen LogP contribution in [0.4, 0.5) is 11.5 Å².